The molecule has 0 unspecified atom stereocenters. The topological polar surface area (TPSA) is 157 Å². The Labute approximate surface area is 439 Å². The Morgan fingerprint density at radius 1 is 0.553 bits per heavy atom. The number of anilines is 1. The molecule has 5 aromatic heterocycles. The molecule has 0 saturated carbocycles. The minimum absolute atomic E-state index is 0.0426. The third-order valence-corrected chi connectivity index (χ3v) is 14.1. The number of aromatic nitrogens is 6. The lowest BCUT2D eigenvalue weighted by atomic mass is 9.98. The number of allylic oxidation sites excluding steroid dienone is 2. The van der Waals surface area contributed by atoms with E-state index in [2.05, 4.69) is 122 Å². The van der Waals surface area contributed by atoms with Crippen LogP contribution in [0.1, 0.15) is 61.6 Å². The van der Waals surface area contributed by atoms with Gasteiger partial charge >= 0.3 is 0 Å². The summed E-state index contributed by atoms with van der Waals surface area (Å²) in [6, 6.07) is 53.3. The SMILES string of the molecule is COc1cc(-c2ccc[nH]2)[nH]c1/C=C1\N=C(C)C(C(=O)CCCC(=O)Nc2ccc(-c3c4nc(c(-c5ccccc5)c5ccc([nH]5)c(-c5ccccc5)c5nc(c(-c6ccccc6)c6ccc3[nH]6)C=C5)C=C4)cc2)=C1C. The van der Waals surface area contributed by atoms with Gasteiger partial charge in [0.25, 0.3) is 0 Å². The number of amides is 1. The number of aliphatic imine (C=N–C) groups is 1. The van der Waals surface area contributed by atoms with E-state index in [9.17, 15) is 9.59 Å². The van der Waals surface area contributed by atoms with Gasteiger partial charge in [-0.25, -0.2) is 9.97 Å². The fourth-order valence-electron chi connectivity index (χ4n) is 10.5. The maximum absolute atomic E-state index is 13.7. The van der Waals surface area contributed by atoms with E-state index in [-0.39, 0.29) is 24.5 Å². The summed E-state index contributed by atoms with van der Waals surface area (Å²) in [6.07, 6.45) is 12.9. The number of ether oxygens (including phenoxy) is 1. The third-order valence-electron chi connectivity index (χ3n) is 14.1. The number of carbonyl (C=O) groups is 2. The van der Waals surface area contributed by atoms with Crippen molar-refractivity contribution in [2.45, 2.75) is 33.1 Å². The number of methoxy groups -OCH3 is 1. The predicted molar refractivity (Wildman–Crippen MR) is 309 cm³/mol. The molecule has 9 aromatic rings. The van der Waals surface area contributed by atoms with Crippen LogP contribution in [0.15, 0.2) is 186 Å². The number of hydrogen-bond donors (Lipinski definition) is 5. The van der Waals surface area contributed by atoms with Crippen LogP contribution < -0.4 is 10.1 Å². The van der Waals surface area contributed by atoms with Gasteiger partial charge in [-0.1, -0.05) is 103 Å². The molecule has 12 rings (SSSR count). The highest BCUT2D eigenvalue weighted by atomic mass is 16.5. The van der Waals surface area contributed by atoms with E-state index >= 15 is 0 Å². The summed E-state index contributed by atoms with van der Waals surface area (Å²) < 4.78 is 5.65. The van der Waals surface area contributed by atoms with Gasteiger partial charge in [0, 0.05) is 86.4 Å². The largest absolute Gasteiger partial charge is 0.494 e. The molecular weight excluding hydrogens is 941 g/mol. The van der Waals surface area contributed by atoms with Gasteiger partial charge in [-0.15, -0.1) is 0 Å². The first-order chi connectivity index (χ1) is 37.3. The Morgan fingerprint density at radius 2 is 1.04 bits per heavy atom. The van der Waals surface area contributed by atoms with Crippen LogP contribution in [-0.4, -0.2) is 54.4 Å². The first-order valence-electron chi connectivity index (χ1n) is 25.4. The number of rotatable bonds is 13. The Kier molecular flexibility index (Phi) is 12.5. The van der Waals surface area contributed by atoms with Crippen molar-refractivity contribution < 1.29 is 14.3 Å². The zero-order valence-corrected chi connectivity index (χ0v) is 42.2. The Hall–Kier alpha value is -9.87. The molecule has 4 aromatic carbocycles. The summed E-state index contributed by atoms with van der Waals surface area (Å²) in [6.45, 7) is 3.76. The number of aromatic amines is 4. The van der Waals surface area contributed by atoms with Crippen molar-refractivity contribution in [3.05, 3.63) is 209 Å². The van der Waals surface area contributed by atoms with Crippen molar-refractivity contribution in [2.24, 2.45) is 4.99 Å². The Balaban J connectivity index is 0.865. The summed E-state index contributed by atoms with van der Waals surface area (Å²) in [5.41, 5.74) is 20.7. The summed E-state index contributed by atoms with van der Waals surface area (Å²) >= 11 is 0. The number of ketones is 1. The molecule has 11 nitrogen and oxygen atoms in total. The molecule has 5 N–H and O–H groups in total. The summed E-state index contributed by atoms with van der Waals surface area (Å²) in [7, 11) is 1.63. The minimum atomic E-state index is -0.174. The van der Waals surface area contributed by atoms with Crippen molar-refractivity contribution in [1.29, 1.82) is 0 Å². The number of carbonyl (C=O) groups excluding carboxylic acids is 2. The second kappa shape index (κ2) is 20.2. The lowest BCUT2D eigenvalue weighted by Crippen LogP contribution is -2.13. The van der Waals surface area contributed by atoms with Gasteiger partial charge in [-0.05, 0) is 127 Å². The Morgan fingerprint density at radius 3 is 1.50 bits per heavy atom. The first kappa shape index (κ1) is 47.2. The van der Waals surface area contributed by atoms with Crippen LogP contribution in [0.25, 0.3) is 108 Å². The zero-order chi connectivity index (χ0) is 51.7. The Bertz CT molecular complexity index is 4020. The molecule has 0 fully saturated rings. The number of hydrogen-bond acceptors (Lipinski definition) is 6. The first-order valence-corrected chi connectivity index (χ1v) is 25.4. The summed E-state index contributed by atoms with van der Waals surface area (Å²) in [5, 5.41) is 3.07. The van der Waals surface area contributed by atoms with Gasteiger partial charge in [0.15, 0.2) is 5.78 Å². The normalized spacial score (nSPS) is 13.4. The van der Waals surface area contributed by atoms with Crippen LogP contribution in [-0.2, 0) is 9.59 Å². The average Bonchev–Trinajstić information content (AvgIpc) is 4.32. The molecule has 76 heavy (non-hydrogen) atoms. The second-order valence-electron chi connectivity index (χ2n) is 19.0. The van der Waals surface area contributed by atoms with E-state index in [4.69, 9.17) is 19.7 Å². The van der Waals surface area contributed by atoms with Gasteiger partial charge in [0.1, 0.15) is 5.75 Å². The van der Waals surface area contributed by atoms with Crippen molar-refractivity contribution >= 4 is 75.5 Å². The van der Waals surface area contributed by atoms with Gasteiger partial charge in [0.05, 0.1) is 52.7 Å². The molecule has 0 aliphatic carbocycles. The fourth-order valence-corrected chi connectivity index (χ4v) is 10.5. The van der Waals surface area contributed by atoms with Crippen LogP contribution in [0.3, 0.4) is 0 Å². The number of H-pyrrole nitrogens is 4. The van der Waals surface area contributed by atoms with Crippen molar-refractivity contribution in [3.8, 4) is 61.6 Å². The molecule has 370 valence electrons. The van der Waals surface area contributed by atoms with Gasteiger partial charge < -0.3 is 30.0 Å². The van der Waals surface area contributed by atoms with Crippen LogP contribution in [0.2, 0.25) is 0 Å². The van der Waals surface area contributed by atoms with Gasteiger partial charge in [-0.2, -0.15) is 0 Å². The fraction of sp³-hybridized carbons (Fsp3) is 0.0923. The molecule has 0 saturated heterocycles. The molecule has 0 spiro atoms. The highest BCUT2D eigenvalue weighted by Gasteiger charge is 2.25. The zero-order valence-electron chi connectivity index (χ0n) is 42.2. The lowest BCUT2D eigenvalue weighted by molar-refractivity contribution is -0.117. The van der Waals surface area contributed by atoms with Crippen molar-refractivity contribution in [3.63, 3.8) is 0 Å². The number of nitrogens with zero attached hydrogens (tertiary/aromatic N) is 3. The maximum atomic E-state index is 13.7. The standard InChI is InChI=1S/C65H52N8O3/c1-39-55(37-57-59(76-3)38-56(73-57)46-21-14-36-66-46)67-40(2)61(39)58(74)22-13-23-60(75)68-45-26-24-44(25-27-45)65-53-34-32-51(71-53)63(42-17-9-5-10-18-42)49-30-28-47(69-49)62(41-15-7-4-8-16-41)48-29-31-50(70-48)64(43-19-11-6-12-20-43)52-33-35-54(65)72-52/h4-12,14-21,24-38,66,69,72-73H,13,22-23H2,1-3H3,(H,68,75)/b55-37-,62-47?,62-48?,63-49?,63-51?,64-50?,64-52?,65-53?,65-54?. The molecule has 8 bridgehead atoms. The van der Waals surface area contributed by atoms with Crippen LogP contribution in [0.4, 0.5) is 5.69 Å². The molecule has 11 heteroatoms. The molecule has 0 radical (unpaired) electrons. The summed E-state index contributed by atoms with van der Waals surface area (Å²) in [5.74, 6) is 0.457. The highest BCUT2D eigenvalue weighted by molar-refractivity contribution is 6.24. The van der Waals surface area contributed by atoms with Crippen molar-refractivity contribution in [1.82, 2.24) is 29.9 Å². The molecule has 3 aliphatic heterocycles. The van der Waals surface area contributed by atoms with E-state index in [1.165, 1.54) is 0 Å². The number of Topliss-reactive ketones (excluding diaryl/α,β-unsaturated/α-hetero) is 1. The van der Waals surface area contributed by atoms with E-state index < -0.39 is 0 Å². The smallest absolute Gasteiger partial charge is 0.224 e. The quantitative estimate of drug-likeness (QED) is 0.0777. The average molecular weight is 993 g/mol. The molecule has 8 heterocycles. The van der Waals surface area contributed by atoms with E-state index in [1.54, 1.807) is 7.11 Å². The van der Waals surface area contributed by atoms with E-state index in [0.29, 0.717) is 34.8 Å². The third kappa shape index (κ3) is 9.15. The molecule has 1 amide bonds. The molecular formula is C65H52N8O3. The number of nitrogens with one attached hydrogen (secondary N) is 5. The van der Waals surface area contributed by atoms with E-state index in [0.717, 1.165) is 112 Å². The van der Waals surface area contributed by atoms with Crippen molar-refractivity contribution in [2.75, 3.05) is 12.4 Å². The minimum Gasteiger partial charge on any atom is -0.494 e. The molecule has 3 aliphatic rings. The lowest BCUT2D eigenvalue weighted by Gasteiger charge is -2.09. The predicted octanol–water partition coefficient (Wildman–Crippen LogP) is 15.2. The van der Waals surface area contributed by atoms with E-state index in [1.807, 2.05) is 111 Å². The van der Waals surface area contributed by atoms with Crippen LogP contribution >= 0.6 is 0 Å². The maximum Gasteiger partial charge on any atom is 0.224 e. The highest BCUT2D eigenvalue weighted by Crippen LogP contribution is 2.39. The van der Waals surface area contributed by atoms with Crippen LogP contribution in [0.5, 0.6) is 5.75 Å². The number of fused-ring (bicyclic) bond motifs is 8. The number of benzene rings is 4. The molecule has 0 atom stereocenters. The second-order valence-corrected chi connectivity index (χ2v) is 19.0. The summed E-state index contributed by atoms with van der Waals surface area (Å²) in [4.78, 5) is 57.0. The van der Waals surface area contributed by atoms with Gasteiger partial charge in [0.2, 0.25) is 5.91 Å². The van der Waals surface area contributed by atoms with Gasteiger partial charge in [-0.3, -0.25) is 14.6 Å². The monoisotopic (exact) mass is 992 g/mol. The van der Waals surface area contributed by atoms with Crippen LogP contribution in [0, 0.1) is 0 Å².